The summed E-state index contributed by atoms with van der Waals surface area (Å²) in [5, 5.41) is -0.260. The summed E-state index contributed by atoms with van der Waals surface area (Å²) in [5.41, 5.74) is 0.220. The third-order valence-electron chi connectivity index (χ3n) is 1.46. The zero-order chi connectivity index (χ0) is 9.46. The Morgan fingerprint density at radius 2 is 1.58 bits per heavy atom. The van der Waals surface area contributed by atoms with Crippen molar-refractivity contribution in [3.8, 4) is 0 Å². The third kappa shape index (κ3) is 1.37. The van der Waals surface area contributed by atoms with Gasteiger partial charge in [0, 0.05) is 5.57 Å². The molecule has 0 N–H and O–H groups in total. The summed E-state index contributed by atoms with van der Waals surface area (Å²) in [7, 11) is 0. The van der Waals surface area contributed by atoms with Crippen molar-refractivity contribution >= 4 is 50.7 Å². The highest BCUT2D eigenvalue weighted by Crippen LogP contribution is 2.31. The molecule has 2 nitrogen and oxygen atoms in total. The van der Waals surface area contributed by atoms with Crippen LogP contribution in [0.1, 0.15) is 6.92 Å². The van der Waals surface area contributed by atoms with Gasteiger partial charge in [-0.3, -0.25) is 9.59 Å². The van der Waals surface area contributed by atoms with E-state index in [2.05, 4.69) is 15.9 Å². The normalized spacial score (nSPS) is 19.3. The molecule has 0 fully saturated rings. The minimum atomic E-state index is -0.512. The largest absolute Gasteiger partial charge is 0.288 e. The Morgan fingerprint density at radius 1 is 1.08 bits per heavy atom. The fourth-order valence-electron chi connectivity index (χ4n) is 0.730. The second-order valence-electron chi connectivity index (χ2n) is 2.23. The molecule has 0 atom stereocenters. The summed E-state index contributed by atoms with van der Waals surface area (Å²) in [6.45, 7) is 1.48. The minimum Gasteiger partial charge on any atom is -0.288 e. The average Bonchev–Trinajstić information content (AvgIpc) is 2.08. The Morgan fingerprint density at radius 3 is 2.08 bits per heavy atom. The van der Waals surface area contributed by atoms with Crippen LogP contribution in [-0.2, 0) is 9.59 Å². The number of carbonyl (C=O) groups excluding carboxylic acids is 2. The van der Waals surface area contributed by atoms with E-state index in [9.17, 15) is 9.59 Å². The standard InChI is InChI=1S/C7H3BrCl2O2/c1-2-4(9)7(12)5(10)3(8)6(2)11/h1H3. The van der Waals surface area contributed by atoms with E-state index in [-0.39, 0.29) is 25.9 Å². The van der Waals surface area contributed by atoms with Gasteiger partial charge in [-0.05, 0) is 22.9 Å². The van der Waals surface area contributed by atoms with E-state index in [0.29, 0.717) is 0 Å². The molecule has 5 heteroatoms. The molecule has 0 saturated carbocycles. The van der Waals surface area contributed by atoms with Gasteiger partial charge >= 0.3 is 0 Å². The molecule has 0 aliphatic heterocycles. The van der Waals surface area contributed by atoms with Crippen LogP contribution in [0.5, 0.6) is 0 Å². The number of rotatable bonds is 0. The number of Topliss-reactive ketones (excluding diaryl/α,β-unsaturated/α-hetero) is 2. The number of carbonyl (C=O) groups is 2. The van der Waals surface area contributed by atoms with E-state index in [1.165, 1.54) is 6.92 Å². The maximum atomic E-state index is 11.2. The number of allylic oxidation sites excluding steroid dienone is 4. The van der Waals surface area contributed by atoms with Gasteiger partial charge in [-0.2, -0.15) is 0 Å². The first-order valence-electron chi connectivity index (χ1n) is 2.98. The van der Waals surface area contributed by atoms with Crippen LogP contribution in [0.4, 0.5) is 0 Å². The zero-order valence-electron chi connectivity index (χ0n) is 5.95. The molecule has 0 unspecified atom stereocenters. The molecule has 0 heterocycles. The van der Waals surface area contributed by atoms with Gasteiger partial charge in [0.05, 0.1) is 9.51 Å². The van der Waals surface area contributed by atoms with Crippen molar-refractivity contribution in [2.75, 3.05) is 0 Å². The number of ketones is 2. The van der Waals surface area contributed by atoms with Crippen LogP contribution >= 0.6 is 39.1 Å². The molecule has 1 aliphatic rings. The van der Waals surface area contributed by atoms with E-state index in [1.807, 2.05) is 0 Å². The molecular weight excluding hydrogens is 267 g/mol. The highest BCUT2D eigenvalue weighted by molar-refractivity contribution is 9.12. The second-order valence-corrected chi connectivity index (χ2v) is 3.77. The lowest BCUT2D eigenvalue weighted by Crippen LogP contribution is -2.15. The Labute approximate surface area is 87.3 Å². The van der Waals surface area contributed by atoms with E-state index in [0.717, 1.165) is 0 Å². The summed E-state index contributed by atoms with van der Waals surface area (Å²) < 4.78 is 0.0797. The van der Waals surface area contributed by atoms with Gasteiger partial charge in [0.1, 0.15) is 5.03 Å². The summed E-state index contributed by atoms with van der Waals surface area (Å²) >= 11 is 14.0. The Bertz CT molecular complexity index is 279. The fraction of sp³-hybridized carbons (Fsp3) is 0.143. The van der Waals surface area contributed by atoms with Crippen molar-refractivity contribution in [2.24, 2.45) is 0 Å². The fourth-order valence-corrected chi connectivity index (χ4v) is 1.62. The topological polar surface area (TPSA) is 34.1 Å². The molecule has 12 heavy (non-hydrogen) atoms. The van der Waals surface area contributed by atoms with Gasteiger partial charge in [0.2, 0.25) is 5.78 Å². The SMILES string of the molecule is CC1=C(Cl)C(=O)C(Cl)=C(Br)C1=O. The van der Waals surface area contributed by atoms with Crippen LogP contribution in [0.3, 0.4) is 0 Å². The van der Waals surface area contributed by atoms with Crippen molar-refractivity contribution < 1.29 is 9.59 Å². The quantitative estimate of drug-likeness (QED) is 0.634. The van der Waals surface area contributed by atoms with Crippen molar-refractivity contribution in [3.05, 3.63) is 20.1 Å². The maximum absolute atomic E-state index is 11.2. The van der Waals surface area contributed by atoms with Gasteiger partial charge in [-0.1, -0.05) is 23.2 Å². The van der Waals surface area contributed by atoms with Gasteiger partial charge < -0.3 is 0 Å². The van der Waals surface area contributed by atoms with E-state index >= 15 is 0 Å². The van der Waals surface area contributed by atoms with Crippen molar-refractivity contribution in [1.29, 1.82) is 0 Å². The third-order valence-corrected chi connectivity index (χ3v) is 3.26. The monoisotopic (exact) mass is 268 g/mol. The zero-order valence-corrected chi connectivity index (χ0v) is 9.05. The summed E-state index contributed by atoms with van der Waals surface area (Å²) in [6.07, 6.45) is 0. The van der Waals surface area contributed by atoms with Crippen LogP contribution in [0.2, 0.25) is 0 Å². The van der Waals surface area contributed by atoms with Crippen LogP contribution < -0.4 is 0 Å². The lowest BCUT2D eigenvalue weighted by atomic mass is 10.1. The summed E-state index contributed by atoms with van der Waals surface area (Å²) in [6, 6.07) is 0. The highest BCUT2D eigenvalue weighted by Gasteiger charge is 2.29. The molecule has 0 radical (unpaired) electrons. The molecule has 0 aromatic rings. The lowest BCUT2D eigenvalue weighted by Gasteiger charge is -2.10. The maximum Gasteiger partial charge on any atom is 0.217 e. The van der Waals surface area contributed by atoms with E-state index in [4.69, 9.17) is 23.2 Å². The Hall–Kier alpha value is -0.120. The van der Waals surface area contributed by atoms with Crippen molar-refractivity contribution in [1.82, 2.24) is 0 Å². The second kappa shape index (κ2) is 3.32. The van der Waals surface area contributed by atoms with Crippen LogP contribution in [-0.4, -0.2) is 11.6 Å². The van der Waals surface area contributed by atoms with Crippen LogP contribution in [0, 0.1) is 0 Å². The summed E-state index contributed by atoms with van der Waals surface area (Å²) in [4.78, 5) is 22.3. The van der Waals surface area contributed by atoms with Crippen molar-refractivity contribution in [2.45, 2.75) is 6.92 Å². The molecule has 1 aliphatic carbocycles. The minimum absolute atomic E-state index is 0.0797. The Kier molecular flexibility index (Phi) is 2.76. The first kappa shape index (κ1) is 9.96. The van der Waals surface area contributed by atoms with Gasteiger partial charge in [0.15, 0.2) is 5.78 Å². The van der Waals surface area contributed by atoms with Gasteiger partial charge in [0.25, 0.3) is 0 Å². The molecule has 1 rings (SSSR count). The number of halogens is 3. The molecule has 0 bridgehead atoms. The van der Waals surface area contributed by atoms with E-state index < -0.39 is 5.78 Å². The molecule has 0 aromatic carbocycles. The smallest absolute Gasteiger partial charge is 0.217 e. The predicted octanol–water partition coefficient (Wildman–Crippen LogP) is 2.50. The van der Waals surface area contributed by atoms with Crippen LogP contribution in [0.25, 0.3) is 0 Å². The van der Waals surface area contributed by atoms with E-state index in [1.54, 1.807) is 0 Å². The van der Waals surface area contributed by atoms with Gasteiger partial charge in [-0.25, -0.2) is 0 Å². The average molecular weight is 270 g/mol. The molecular formula is C7H3BrCl2O2. The molecule has 0 amide bonds. The molecule has 0 saturated heterocycles. The first-order chi connectivity index (χ1) is 5.46. The molecule has 64 valence electrons. The molecule has 0 aromatic heterocycles. The summed E-state index contributed by atoms with van der Waals surface area (Å²) in [5.74, 6) is -0.855. The lowest BCUT2D eigenvalue weighted by molar-refractivity contribution is -0.115. The highest BCUT2D eigenvalue weighted by atomic mass is 79.9. The number of hydrogen-bond acceptors (Lipinski definition) is 2. The molecule has 0 spiro atoms. The first-order valence-corrected chi connectivity index (χ1v) is 4.52. The van der Waals surface area contributed by atoms with Crippen LogP contribution in [0.15, 0.2) is 20.1 Å². The number of hydrogen-bond donors (Lipinski definition) is 0. The van der Waals surface area contributed by atoms with Crippen molar-refractivity contribution in [3.63, 3.8) is 0 Å². The predicted molar refractivity (Wildman–Crippen MR) is 50.4 cm³/mol. The Balaban J connectivity index is 3.32. The van der Waals surface area contributed by atoms with Gasteiger partial charge in [-0.15, -0.1) is 0 Å².